The Labute approximate surface area is 107 Å². The summed E-state index contributed by atoms with van der Waals surface area (Å²) < 4.78 is 0. The summed E-state index contributed by atoms with van der Waals surface area (Å²) in [6, 6.07) is 16.5. The fourth-order valence-electron chi connectivity index (χ4n) is 2.94. The van der Waals surface area contributed by atoms with Crippen molar-refractivity contribution < 1.29 is 4.79 Å². The molecule has 0 fully saturated rings. The zero-order chi connectivity index (χ0) is 12.8. The molecule has 0 spiro atoms. The third kappa shape index (κ3) is 1.39. The summed E-state index contributed by atoms with van der Waals surface area (Å²) in [5, 5.41) is 3.09. The maximum Gasteiger partial charge on any atom is 0.217 e. The lowest BCUT2D eigenvalue weighted by Gasteiger charge is -2.28. The van der Waals surface area contributed by atoms with Gasteiger partial charge in [0.25, 0.3) is 0 Å². The van der Waals surface area contributed by atoms with Crippen molar-refractivity contribution in [2.45, 2.75) is 19.4 Å². The van der Waals surface area contributed by atoms with Gasteiger partial charge in [-0.25, -0.2) is 0 Å². The molecule has 0 bridgehead atoms. The van der Waals surface area contributed by atoms with E-state index in [1.807, 2.05) is 24.3 Å². The number of carbonyl (C=O) groups excluding carboxylic acids is 1. The van der Waals surface area contributed by atoms with Gasteiger partial charge < -0.3 is 5.32 Å². The van der Waals surface area contributed by atoms with Crippen LogP contribution in [0.25, 0.3) is 11.1 Å². The van der Waals surface area contributed by atoms with Crippen LogP contribution in [0.2, 0.25) is 0 Å². The van der Waals surface area contributed by atoms with E-state index in [2.05, 4.69) is 36.5 Å². The zero-order valence-electron chi connectivity index (χ0n) is 10.5. The highest BCUT2D eigenvalue weighted by Gasteiger charge is 2.39. The third-order valence-corrected chi connectivity index (χ3v) is 3.65. The molecule has 2 nitrogen and oxygen atoms in total. The van der Waals surface area contributed by atoms with Gasteiger partial charge in [-0.05, 0) is 29.2 Å². The molecule has 0 heterocycles. The molecule has 1 amide bonds. The molecule has 0 radical (unpaired) electrons. The van der Waals surface area contributed by atoms with Crippen molar-refractivity contribution in [1.82, 2.24) is 5.32 Å². The molecule has 0 aliphatic heterocycles. The largest absolute Gasteiger partial charge is 0.343 e. The Morgan fingerprint density at radius 1 is 0.944 bits per heavy atom. The smallest absolute Gasteiger partial charge is 0.217 e. The van der Waals surface area contributed by atoms with Crippen LogP contribution < -0.4 is 5.32 Å². The van der Waals surface area contributed by atoms with E-state index in [1.165, 1.54) is 22.3 Å². The maximum absolute atomic E-state index is 11.5. The Kier molecular flexibility index (Phi) is 2.27. The van der Waals surface area contributed by atoms with Gasteiger partial charge in [-0.1, -0.05) is 48.5 Å². The van der Waals surface area contributed by atoms with Crippen molar-refractivity contribution in [1.29, 1.82) is 0 Å². The molecule has 0 saturated heterocycles. The fourth-order valence-corrected chi connectivity index (χ4v) is 2.94. The van der Waals surface area contributed by atoms with E-state index in [9.17, 15) is 4.79 Å². The van der Waals surface area contributed by atoms with Gasteiger partial charge in [-0.15, -0.1) is 0 Å². The average Bonchev–Trinajstić information content (AvgIpc) is 2.61. The van der Waals surface area contributed by atoms with Crippen LogP contribution in [-0.2, 0) is 10.3 Å². The molecule has 2 heteroatoms. The molecule has 1 aliphatic carbocycles. The van der Waals surface area contributed by atoms with Crippen molar-refractivity contribution in [3.8, 4) is 11.1 Å². The minimum Gasteiger partial charge on any atom is -0.343 e. The van der Waals surface area contributed by atoms with Crippen LogP contribution in [0.1, 0.15) is 25.0 Å². The third-order valence-electron chi connectivity index (χ3n) is 3.65. The summed E-state index contributed by atoms with van der Waals surface area (Å²) in [6.07, 6.45) is 0. The van der Waals surface area contributed by atoms with Crippen LogP contribution in [0.15, 0.2) is 48.5 Å². The molecule has 0 atom stereocenters. The van der Waals surface area contributed by atoms with Gasteiger partial charge in [0.15, 0.2) is 0 Å². The highest BCUT2D eigenvalue weighted by Crippen LogP contribution is 2.46. The summed E-state index contributed by atoms with van der Waals surface area (Å²) in [6.45, 7) is 3.63. The van der Waals surface area contributed by atoms with Crippen LogP contribution in [-0.4, -0.2) is 5.91 Å². The van der Waals surface area contributed by atoms with E-state index >= 15 is 0 Å². The molecule has 1 aliphatic rings. The Bertz CT molecular complexity index is 585. The van der Waals surface area contributed by atoms with Crippen LogP contribution in [0.3, 0.4) is 0 Å². The van der Waals surface area contributed by atoms with Gasteiger partial charge >= 0.3 is 0 Å². The van der Waals surface area contributed by atoms with Crippen LogP contribution in [0.4, 0.5) is 0 Å². The Balaban J connectivity index is 2.30. The standard InChI is InChI=1S/C16H15NO/c1-11(18)17-16(2)14-9-5-3-7-12(14)13-8-4-6-10-15(13)16/h3-10H,1-2H3,(H,17,18). The van der Waals surface area contributed by atoms with E-state index in [4.69, 9.17) is 0 Å². The van der Waals surface area contributed by atoms with Crippen molar-refractivity contribution >= 4 is 5.91 Å². The summed E-state index contributed by atoms with van der Waals surface area (Å²) in [5.41, 5.74) is 4.34. The Hall–Kier alpha value is -2.09. The predicted molar refractivity (Wildman–Crippen MR) is 72.1 cm³/mol. The predicted octanol–water partition coefficient (Wildman–Crippen LogP) is 3.07. The second kappa shape index (κ2) is 3.70. The molecule has 0 unspecified atom stereocenters. The van der Waals surface area contributed by atoms with Crippen LogP contribution >= 0.6 is 0 Å². The van der Waals surface area contributed by atoms with E-state index in [-0.39, 0.29) is 5.91 Å². The molecule has 3 rings (SSSR count). The fraction of sp³-hybridized carbons (Fsp3) is 0.188. The summed E-state index contributed by atoms with van der Waals surface area (Å²) in [5.74, 6) is -0.0102. The topological polar surface area (TPSA) is 29.1 Å². The number of hydrogen-bond acceptors (Lipinski definition) is 1. The Morgan fingerprint density at radius 2 is 1.39 bits per heavy atom. The first-order valence-electron chi connectivity index (χ1n) is 6.11. The molecule has 18 heavy (non-hydrogen) atoms. The highest BCUT2D eigenvalue weighted by atomic mass is 16.1. The maximum atomic E-state index is 11.5. The van der Waals surface area contributed by atoms with Gasteiger partial charge in [-0.2, -0.15) is 0 Å². The number of fused-ring (bicyclic) bond motifs is 3. The molecular weight excluding hydrogens is 222 g/mol. The summed E-state index contributed by atoms with van der Waals surface area (Å²) >= 11 is 0. The van der Waals surface area contributed by atoms with E-state index in [1.54, 1.807) is 6.92 Å². The minimum absolute atomic E-state index is 0.0102. The highest BCUT2D eigenvalue weighted by molar-refractivity contribution is 5.84. The van der Waals surface area contributed by atoms with Gasteiger partial charge in [0, 0.05) is 6.92 Å². The molecule has 90 valence electrons. The SMILES string of the molecule is CC(=O)NC1(C)c2ccccc2-c2ccccc21. The summed E-state index contributed by atoms with van der Waals surface area (Å²) in [7, 11) is 0. The first-order chi connectivity index (χ1) is 8.63. The number of amides is 1. The second-order valence-corrected chi connectivity index (χ2v) is 4.90. The average molecular weight is 237 g/mol. The zero-order valence-corrected chi connectivity index (χ0v) is 10.5. The molecule has 1 N–H and O–H groups in total. The van der Waals surface area contributed by atoms with Crippen molar-refractivity contribution in [2.24, 2.45) is 0 Å². The number of rotatable bonds is 1. The lowest BCUT2D eigenvalue weighted by molar-refractivity contribution is -0.120. The minimum atomic E-state index is -0.418. The van der Waals surface area contributed by atoms with Crippen molar-refractivity contribution in [3.63, 3.8) is 0 Å². The van der Waals surface area contributed by atoms with E-state index < -0.39 is 5.54 Å². The normalized spacial score (nSPS) is 14.8. The number of nitrogens with one attached hydrogen (secondary N) is 1. The van der Waals surface area contributed by atoms with Crippen molar-refractivity contribution in [2.75, 3.05) is 0 Å². The van der Waals surface area contributed by atoms with Gasteiger partial charge in [-0.3, -0.25) is 4.79 Å². The molecule has 0 aromatic heterocycles. The lowest BCUT2D eigenvalue weighted by atomic mass is 9.89. The van der Waals surface area contributed by atoms with E-state index in [0.29, 0.717) is 0 Å². The number of hydrogen-bond donors (Lipinski definition) is 1. The van der Waals surface area contributed by atoms with Crippen LogP contribution in [0.5, 0.6) is 0 Å². The van der Waals surface area contributed by atoms with Crippen molar-refractivity contribution in [3.05, 3.63) is 59.7 Å². The van der Waals surface area contributed by atoms with Gasteiger partial charge in [0.2, 0.25) is 5.91 Å². The quantitative estimate of drug-likeness (QED) is 0.811. The lowest BCUT2D eigenvalue weighted by Crippen LogP contribution is -2.41. The first-order valence-corrected chi connectivity index (χ1v) is 6.11. The van der Waals surface area contributed by atoms with E-state index in [0.717, 1.165) is 0 Å². The molecule has 2 aromatic carbocycles. The molecule has 2 aromatic rings. The monoisotopic (exact) mass is 237 g/mol. The second-order valence-electron chi connectivity index (χ2n) is 4.90. The molecule has 0 saturated carbocycles. The number of benzene rings is 2. The first kappa shape index (κ1) is 11.0. The van der Waals surface area contributed by atoms with Gasteiger partial charge in [0.1, 0.15) is 0 Å². The molecular formula is C16H15NO. The summed E-state index contributed by atoms with van der Waals surface area (Å²) in [4.78, 5) is 11.5. The Morgan fingerprint density at radius 3 is 1.83 bits per heavy atom. The van der Waals surface area contributed by atoms with Crippen LogP contribution in [0, 0.1) is 0 Å². The number of carbonyl (C=O) groups is 1. The van der Waals surface area contributed by atoms with Gasteiger partial charge in [0.05, 0.1) is 5.54 Å².